The summed E-state index contributed by atoms with van der Waals surface area (Å²) in [5.41, 5.74) is 1.23. The van der Waals surface area contributed by atoms with E-state index in [9.17, 15) is 4.79 Å². The quantitative estimate of drug-likeness (QED) is 0.632. The van der Waals surface area contributed by atoms with Gasteiger partial charge < -0.3 is 9.64 Å². The second-order valence-corrected chi connectivity index (χ2v) is 10.5. The Hall–Kier alpha value is -1.76. The zero-order chi connectivity index (χ0) is 23.3. The summed E-state index contributed by atoms with van der Waals surface area (Å²) in [7, 11) is 0. The number of nitrogens with zero attached hydrogens (tertiary/aromatic N) is 4. The van der Waals surface area contributed by atoms with E-state index in [1.807, 2.05) is 13.1 Å². The van der Waals surface area contributed by atoms with Gasteiger partial charge in [0.1, 0.15) is 0 Å². The molecule has 182 valence electrons. The van der Waals surface area contributed by atoms with Crippen LogP contribution in [0.4, 0.5) is 0 Å². The van der Waals surface area contributed by atoms with Crippen molar-refractivity contribution in [2.75, 3.05) is 45.9 Å². The van der Waals surface area contributed by atoms with Crippen LogP contribution >= 0.6 is 0 Å². The first-order valence-corrected chi connectivity index (χ1v) is 12.9. The molecule has 0 bridgehead atoms. The smallest absolute Gasteiger partial charge is 0.222 e. The molecule has 3 aliphatic heterocycles. The zero-order valence-corrected chi connectivity index (χ0v) is 20.8. The van der Waals surface area contributed by atoms with Gasteiger partial charge >= 0.3 is 0 Å². The molecule has 2 saturated heterocycles. The van der Waals surface area contributed by atoms with Crippen LogP contribution in [0.3, 0.4) is 0 Å². The maximum atomic E-state index is 13.3. The molecule has 0 saturated carbocycles. The maximum absolute atomic E-state index is 13.3. The largest absolute Gasteiger partial charge is 0.381 e. The van der Waals surface area contributed by atoms with E-state index in [0.717, 1.165) is 78.2 Å². The number of hydrogen-bond acceptors (Lipinski definition) is 5. The minimum absolute atomic E-state index is 0.00273. The van der Waals surface area contributed by atoms with Crippen molar-refractivity contribution in [3.8, 4) is 0 Å². The van der Waals surface area contributed by atoms with Crippen LogP contribution in [0.1, 0.15) is 58.4 Å². The minimum atomic E-state index is -0.158. The Bertz CT molecular complexity index is 800. The van der Waals surface area contributed by atoms with E-state index in [-0.39, 0.29) is 23.0 Å². The lowest BCUT2D eigenvalue weighted by atomic mass is 9.81. The highest BCUT2D eigenvalue weighted by Crippen LogP contribution is 2.36. The van der Waals surface area contributed by atoms with Gasteiger partial charge in [0.2, 0.25) is 5.91 Å². The Balaban J connectivity index is 1.49. The van der Waals surface area contributed by atoms with Crippen molar-refractivity contribution < 1.29 is 9.53 Å². The average Bonchev–Trinajstić information content (AvgIpc) is 2.83. The first-order valence-electron chi connectivity index (χ1n) is 12.9. The first kappa shape index (κ1) is 24.4. The summed E-state index contributed by atoms with van der Waals surface area (Å²) < 4.78 is 5.81. The molecule has 33 heavy (non-hydrogen) atoms. The number of carbonyl (C=O) groups excluding carboxylic acids is 1. The van der Waals surface area contributed by atoms with E-state index >= 15 is 0 Å². The van der Waals surface area contributed by atoms with Gasteiger partial charge in [-0.25, -0.2) is 0 Å². The molecule has 4 rings (SSSR count). The van der Waals surface area contributed by atoms with Gasteiger partial charge in [-0.05, 0) is 38.7 Å². The summed E-state index contributed by atoms with van der Waals surface area (Å²) in [5, 5.41) is 0. The van der Waals surface area contributed by atoms with Gasteiger partial charge in [0.25, 0.3) is 0 Å². The fourth-order valence-corrected chi connectivity index (χ4v) is 6.04. The molecule has 2 fully saturated rings. The molecule has 1 aromatic rings. The molecule has 0 N–H and O–H groups in total. The van der Waals surface area contributed by atoms with Gasteiger partial charge in [-0.3, -0.25) is 19.6 Å². The standard InChI is InChI=1S/C27H42N4O2/c1-4-25(32)31(26(3)10-13-28-23(2)20-26)22-27(11-18-33-19-12-27)30-16-14-29(15-17-30)21-24-8-6-5-7-9-24/h5-9,13,23H,4,10-12,14-22H2,1-3H3. The van der Waals surface area contributed by atoms with Crippen molar-refractivity contribution in [1.82, 2.24) is 14.7 Å². The summed E-state index contributed by atoms with van der Waals surface area (Å²) in [5.74, 6) is 0.272. The molecule has 0 aliphatic carbocycles. The number of aliphatic imine (C=N–C) groups is 1. The molecule has 0 spiro atoms. The third-order valence-corrected chi connectivity index (χ3v) is 8.05. The van der Waals surface area contributed by atoms with Crippen molar-refractivity contribution in [3.63, 3.8) is 0 Å². The van der Waals surface area contributed by atoms with E-state index in [0.29, 0.717) is 6.42 Å². The van der Waals surface area contributed by atoms with Crippen LogP contribution in [-0.2, 0) is 16.1 Å². The van der Waals surface area contributed by atoms with E-state index < -0.39 is 0 Å². The predicted octanol–water partition coefficient (Wildman–Crippen LogP) is 3.60. The molecule has 1 aromatic carbocycles. The number of piperazine rings is 1. The second kappa shape index (κ2) is 10.7. The van der Waals surface area contributed by atoms with Crippen LogP contribution in [0.25, 0.3) is 0 Å². The third kappa shape index (κ3) is 5.67. The SMILES string of the molecule is CCC(=O)N(CC1(N2CCN(Cc3ccccc3)CC2)CCOCC1)C1(C)CC=NC(C)C1. The molecule has 0 aromatic heterocycles. The molecule has 2 unspecified atom stereocenters. The number of rotatable bonds is 7. The molecule has 3 heterocycles. The lowest BCUT2D eigenvalue weighted by Gasteiger charge is -2.54. The van der Waals surface area contributed by atoms with Gasteiger partial charge in [-0.15, -0.1) is 0 Å². The third-order valence-electron chi connectivity index (χ3n) is 8.05. The number of hydrogen-bond donors (Lipinski definition) is 0. The minimum Gasteiger partial charge on any atom is -0.381 e. The van der Waals surface area contributed by atoms with Crippen molar-refractivity contribution in [1.29, 1.82) is 0 Å². The zero-order valence-electron chi connectivity index (χ0n) is 20.8. The molecular weight excluding hydrogens is 412 g/mol. The molecular formula is C27H42N4O2. The Kier molecular flexibility index (Phi) is 7.87. The summed E-state index contributed by atoms with van der Waals surface area (Å²) >= 11 is 0. The van der Waals surface area contributed by atoms with E-state index in [1.54, 1.807) is 0 Å². The number of benzene rings is 1. The van der Waals surface area contributed by atoms with Crippen LogP contribution in [-0.4, -0.2) is 89.9 Å². The highest BCUT2D eigenvalue weighted by atomic mass is 16.5. The van der Waals surface area contributed by atoms with Crippen molar-refractivity contribution in [3.05, 3.63) is 35.9 Å². The van der Waals surface area contributed by atoms with E-state index in [1.165, 1.54) is 5.56 Å². The highest BCUT2D eigenvalue weighted by molar-refractivity contribution is 5.78. The Morgan fingerprint density at radius 3 is 2.48 bits per heavy atom. The summed E-state index contributed by atoms with van der Waals surface area (Å²) in [6.07, 6.45) is 6.38. The van der Waals surface area contributed by atoms with E-state index in [2.05, 4.69) is 63.9 Å². The van der Waals surface area contributed by atoms with Crippen LogP contribution in [0, 0.1) is 0 Å². The summed E-state index contributed by atoms with van der Waals surface area (Å²) in [6.45, 7) is 14.1. The predicted molar refractivity (Wildman–Crippen MR) is 134 cm³/mol. The normalized spacial score (nSPS) is 28.5. The number of amides is 1. The summed E-state index contributed by atoms with van der Waals surface area (Å²) in [6, 6.07) is 11.0. The fourth-order valence-electron chi connectivity index (χ4n) is 6.04. The molecule has 2 atom stereocenters. The molecule has 6 heteroatoms. The maximum Gasteiger partial charge on any atom is 0.222 e. The first-order chi connectivity index (χ1) is 15.9. The summed E-state index contributed by atoms with van der Waals surface area (Å²) in [4.78, 5) is 25.4. The number of carbonyl (C=O) groups is 1. The van der Waals surface area contributed by atoms with Crippen LogP contribution < -0.4 is 0 Å². The van der Waals surface area contributed by atoms with E-state index in [4.69, 9.17) is 4.74 Å². The molecule has 1 amide bonds. The van der Waals surface area contributed by atoms with Crippen molar-refractivity contribution in [2.45, 2.75) is 76.5 Å². The van der Waals surface area contributed by atoms with Gasteiger partial charge in [0.05, 0.1) is 0 Å². The van der Waals surface area contributed by atoms with Gasteiger partial charge in [-0.1, -0.05) is 37.3 Å². The van der Waals surface area contributed by atoms with Crippen molar-refractivity contribution in [2.24, 2.45) is 4.99 Å². The molecule has 3 aliphatic rings. The van der Waals surface area contributed by atoms with Gasteiger partial charge in [0.15, 0.2) is 0 Å². The Morgan fingerprint density at radius 2 is 1.85 bits per heavy atom. The van der Waals surface area contributed by atoms with Gasteiger partial charge in [-0.2, -0.15) is 0 Å². The topological polar surface area (TPSA) is 48.4 Å². The lowest BCUT2D eigenvalue weighted by molar-refractivity contribution is -0.144. The lowest BCUT2D eigenvalue weighted by Crippen LogP contribution is -2.66. The van der Waals surface area contributed by atoms with Crippen molar-refractivity contribution >= 4 is 12.1 Å². The Morgan fingerprint density at radius 1 is 1.15 bits per heavy atom. The highest BCUT2D eigenvalue weighted by Gasteiger charge is 2.46. The Labute approximate surface area is 200 Å². The fraction of sp³-hybridized carbons (Fsp3) is 0.704. The van der Waals surface area contributed by atoms with Crippen LogP contribution in [0.2, 0.25) is 0 Å². The molecule has 6 nitrogen and oxygen atoms in total. The molecule has 0 radical (unpaired) electrons. The monoisotopic (exact) mass is 454 g/mol. The van der Waals surface area contributed by atoms with Crippen LogP contribution in [0.15, 0.2) is 35.3 Å². The van der Waals surface area contributed by atoms with Crippen LogP contribution in [0.5, 0.6) is 0 Å². The second-order valence-electron chi connectivity index (χ2n) is 10.5. The van der Waals surface area contributed by atoms with Gasteiger partial charge in [0, 0.05) is 88.7 Å². The average molecular weight is 455 g/mol. The number of ether oxygens (including phenoxy) is 1.